The minimum Gasteiger partial charge on any atom is -0.388 e. The van der Waals surface area contributed by atoms with E-state index in [2.05, 4.69) is 59.8 Å². The molecule has 0 saturated carbocycles. The lowest BCUT2D eigenvalue weighted by atomic mass is 9.89. The van der Waals surface area contributed by atoms with Gasteiger partial charge in [-0.3, -0.25) is 15.0 Å². The van der Waals surface area contributed by atoms with Gasteiger partial charge in [-0.15, -0.1) is 0 Å². The second kappa shape index (κ2) is 8.60. The predicted molar refractivity (Wildman–Crippen MR) is 123 cm³/mol. The summed E-state index contributed by atoms with van der Waals surface area (Å²) in [4.78, 5) is 14.3. The molecule has 2 aliphatic heterocycles. The first kappa shape index (κ1) is 19.4. The summed E-state index contributed by atoms with van der Waals surface area (Å²) in [6.07, 6.45) is 13.2. The second-order valence-electron chi connectivity index (χ2n) is 7.63. The molecule has 150 valence electrons. The summed E-state index contributed by atoms with van der Waals surface area (Å²) in [5, 5.41) is 6.56. The Morgan fingerprint density at radius 2 is 2.17 bits per heavy atom. The van der Waals surface area contributed by atoms with Gasteiger partial charge in [0.2, 0.25) is 0 Å². The number of hydrogen-bond acceptors (Lipinski definition) is 4. The van der Waals surface area contributed by atoms with Gasteiger partial charge in [0, 0.05) is 31.7 Å². The normalized spacial score (nSPS) is 24.4. The summed E-state index contributed by atoms with van der Waals surface area (Å²) in [6.45, 7) is 5.05. The number of aliphatic imine (C=N–C) groups is 3. The molecule has 1 aromatic rings. The molecule has 3 aliphatic rings. The number of fused-ring (bicyclic) bond motifs is 2. The lowest BCUT2D eigenvalue weighted by Gasteiger charge is -2.21. The van der Waals surface area contributed by atoms with Gasteiger partial charge in [-0.25, -0.2) is 0 Å². The zero-order chi connectivity index (χ0) is 20.2. The third-order valence-corrected chi connectivity index (χ3v) is 5.67. The van der Waals surface area contributed by atoms with E-state index in [1.807, 2.05) is 25.7 Å². The van der Waals surface area contributed by atoms with Crippen LogP contribution < -0.4 is 10.6 Å². The Morgan fingerprint density at radius 3 is 2.97 bits per heavy atom. The first-order chi connectivity index (χ1) is 14.2. The lowest BCUT2D eigenvalue weighted by Crippen LogP contribution is -2.36. The first-order valence-corrected chi connectivity index (χ1v) is 10.5. The zero-order valence-electron chi connectivity index (χ0n) is 17.4. The van der Waals surface area contributed by atoms with Crippen LogP contribution in [-0.4, -0.2) is 37.4 Å². The van der Waals surface area contributed by atoms with Gasteiger partial charge in [-0.1, -0.05) is 25.1 Å². The molecule has 0 amide bonds. The standard InChI is InChI=1S/C24H29N5/c1-4-9-26-14-16(5-2)22-15-28-23-21(22)8-10-27-24(23)29-20-11-17-6-7-19(25-3)12-18(17)13-20/h5-8,10,12,14-15,20-21,25H,4,9,11,13H2,1-3H3,(H,27,29)/b16-5+,26-14?. The van der Waals surface area contributed by atoms with Crippen molar-refractivity contribution in [3.63, 3.8) is 0 Å². The maximum atomic E-state index is 5.06. The lowest BCUT2D eigenvalue weighted by molar-refractivity contribution is 0.720. The van der Waals surface area contributed by atoms with E-state index in [1.54, 1.807) is 0 Å². The fourth-order valence-corrected chi connectivity index (χ4v) is 4.14. The van der Waals surface area contributed by atoms with Gasteiger partial charge in [0.15, 0.2) is 0 Å². The summed E-state index contributed by atoms with van der Waals surface area (Å²) >= 11 is 0. The number of nitrogens with one attached hydrogen (secondary N) is 2. The monoisotopic (exact) mass is 387 g/mol. The van der Waals surface area contributed by atoms with Crippen LogP contribution in [0.25, 0.3) is 0 Å². The molecule has 0 aromatic heterocycles. The quantitative estimate of drug-likeness (QED) is 0.722. The molecule has 2 N–H and O–H groups in total. The van der Waals surface area contributed by atoms with E-state index in [9.17, 15) is 0 Å². The highest BCUT2D eigenvalue weighted by Crippen LogP contribution is 2.31. The fourth-order valence-electron chi connectivity index (χ4n) is 4.14. The van der Waals surface area contributed by atoms with Gasteiger partial charge in [0.05, 0.1) is 17.7 Å². The van der Waals surface area contributed by atoms with Gasteiger partial charge < -0.3 is 10.6 Å². The number of allylic oxidation sites excluding steroid dienone is 4. The van der Waals surface area contributed by atoms with E-state index < -0.39 is 0 Å². The Bertz CT molecular complexity index is 961. The zero-order valence-corrected chi connectivity index (χ0v) is 17.4. The molecule has 5 heteroatoms. The highest BCUT2D eigenvalue weighted by atomic mass is 15.0. The average molecular weight is 388 g/mol. The minimum atomic E-state index is 0.147. The Labute approximate surface area is 173 Å². The van der Waals surface area contributed by atoms with Crippen molar-refractivity contribution in [1.29, 1.82) is 0 Å². The topological polar surface area (TPSA) is 61.1 Å². The van der Waals surface area contributed by atoms with Crippen LogP contribution in [0.1, 0.15) is 31.4 Å². The number of amidine groups is 1. The SMILES string of the molecule is C/C=C(\C=NCCC)C1=CN=C2C(=NC3Cc4ccc(NC)cc4C3)NC=CC12. The largest absolute Gasteiger partial charge is 0.388 e. The van der Waals surface area contributed by atoms with Crippen molar-refractivity contribution in [3.05, 3.63) is 65.0 Å². The minimum absolute atomic E-state index is 0.147. The van der Waals surface area contributed by atoms with E-state index in [4.69, 9.17) is 9.98 Å². The number of nitrogens with zero attached hydrogens (tertiary/aromatic N) is 3. The Hall–Kier alpha value is -2.95. The molecule has 1 aromatic carbocycles. The van der Waals surface area contributed by atoms with Crippen LogP contribution >= 0.6 is 0 Å². The van der Waals surface area contributed by atoms with Crippen molar-refractivity contribution < 1.29 is 0 Å². The summed E-state index contributed by atoms with van der Waals surface area (Å²) < 4.78 is 0. The van der Waals surface area contributed by atoms with Crippen molar-refractivity contribution in [2.75, 3.05) is 18.9 Å². The number of benzene rings is 1. The highest BCUT2D eigenvalue weighted by Gasteiger charge is 2.31. The summed E-state index contributed by atoms with van der Waals surface area (Å²) in [5.41, 5.74) is 7.30. The fraction of sp³-hybridized carbons (Fsp3) is 0.375. The molecule has 0 spiro atoms. The molecule has 2 unspecified atom stereocenters. The molecule has 2 atom stereocenters. The van der Waals surface area contributed by atoms with Crippen molar-refractivity contribution in [3.8, 4) is 0 Å². The van der Waals surface area contributed by atoms with Crippen molar-refractivity contribution in [1.82, 2.24) is 5.32 Å². The summed E-state index contributed by atoms with van der Waals surface area (Å²) in [6, 6.07) is 6.86. The number of hydrogen-bond donors (Lipinski definition) is 2. The van der Waals surface area contributed by atoms with Crippen LogP contribution in [0.5, 0.6) is 0 Å². The van der Waals surface area contributed by atoms with Crippen LogP contribution in [0.3, 0.4) is 0 Å². The Morgan fingerprint density at radius 1 is 1.31 bits per heavy atom. The van der Waals surface area contributed by atoms with E-state index >= 15 is 0 Å². The second-order valence-corrected chi connectivity index (χ2v) is 7.63. The first-order valence-electron chi connectivity index (χ1n) is 10.5. The van der Waals surface area contributed by atoms with Gasteiger partial charge in [0.1, 0.15) is 5.84 Å². The van der Waals surface area contributed by atoms with Crippen LogP contribution in [-0.2, 0) is 12.8 Å². The number of anilines is 1. The van der Waals surface area contributed by atoms with Crippen LogP contribution in [0, 0.1) is 5.92 Å². The van der Waals surface area contributed by atoms with Gasteiger partial charge >= 0.3 is 0 Å². The van der Waals surface area contributed by atoms with Crippen molar-refractivity contribution >= 4 is 23.4 Å². The molecule has 5 nitrogen and oxygen atoms in total. The third kappa shape index (κ3) is 3.95. The van der Waals surface area contributed by atoms with E-state index in [0.29, 0.717) is 0 Å². The Balaban J connectivity index is 1.50. The molecule has 0 radical (unpaired) electrons. The van der Waals surface area contributed by atoms with Crippen molar-refractivity contribution in [2.45, 2.75) is 39.2 Å². The van der Waals surface area contributed by atoms with E-state index in [0.717, 1.165) is 48.6 Å². The number of rotatable bonds is 6. The summed E-state index contributed by atoms with van der Waals surface area (Å²) in [7, 11) is 1.96. The molecule has 0 fully saturated rings. The van der Waals surface area contributed by atoms with E-state index in [-0.39, 0.29) is 12.0 Å². The maximum absolute atomic E-state index is 5.06. The predicted octanol–water partition coefficient (Wildman–Crippen LogP) is 4.09. The highest BCUT2D eigenvalue weighted by molar-refractivity contribution is 6.45. The molecule has 0 bridgehead atoms. The smallest absolute Gasteiger partial charge is 0.148 e. The molecular weight excluding hydrogens is 358 g/mol. The average Bonchev–Trinajstić information content (AvgIpc) is 3.35. The van der Waals surface area contributed by atoms with Crippen LogP contribution in [0.15, 0.2) is 68.9 Å². The molecule has 4 rings (SSSR count). The molecule has 0 saturated heterocycles. The summed E-state index contributed by atoms with van der Waals surface area (Å²) in [5.74, 6) is 1.05. The molecule has 2 heterocycles. The Kier molecular flexibility index (Phi) is 5.74. The maximum Gasteiger partial charge on any atom is 0.148 e. The van der Waals surface area contributed by atoms with Crippen LogP contribution in [0.2, 0.25) is 0 Å². The van der Waals surface area contributed by atoms with E-state index in [1.165, 1.54) is 16.7 Å². The van der Waals surface area contributed by atoms with Gasteiger partial charge in [-0.05, 0) is 66.8 Å². The molecule has 1 aliphatic carbocycles. The van der Waals surface area contributed by atoms with Crippen molar-refractivity contribution in [2.24, 2.45) is 20.9 Å². The molecular formula is C24H29N5. The van der Waals surface area contributed by atoms with Gasteiger partial charge in [-0.2, -0.15) is 0 Å². The molecule has 29 heavy (non-hydrogen) atoms. The van der Waals surface area contributed by atoms with Crippen LogP contribution in [0.4, 0.5) is 5.69 Å². The van der Waals surface area contributed by atoms with Gasteiger partial charge in [0.25, 0.3) is 0 Å². The third-order valence-electron chi connectivity index (χ3n) is 5.67.